The fourth-order valence-corrected chi connectivity index (χ4v) is 2.20. The van der Waals surface area contributed by atoms with E-state index in [4.69, 9.17) is 4.74 Å². The third-order valence-corrected chi connectivity index (χ3v) is 3.12. The smallest absolute Gasteiger partial charge is 0.261 e. The maximum absolute atomic E-state index is 12.2. The van der Waals surface area contributed by atoms with Crippen molar-refractivity contribution in [1.29, 1.82) is 0 Å². The molecule has 1 aliphatic heterocycles. The molecule has 0 bridgehead atoms. The van der Waals surface area contributed by atoms with Gasteiger partial charge in [0.1, 0.15) is 17.7 Å². The molecule has 1 atom stereocenters. The Kier molecular flexibility index (Phi) is 2.16. The van der Waals surface area contributed by atoms with Gasteiger partial charge in [-0.25, -0.2) is 4.98 Å². The van der Waals surface area contributed by atoms with E-state index in [9.17, 15) is 9.90 Å². The molecule has 0 saturated heterocycles. The average molecular weight is 232 g/mol. The van der Waals surface area contributed by atoms with E-state index >= 15 is 0 Å². The lowest BCUT2D eigenvalue weighted by atomic mass is 10.2. The number of benzene rings is 1. The highest BCUT2D eigenvalue weighted by Crippen LogP contribution is 2.24. The topological polar surface area (TPSA) is 64.4 Å². The number of aliphatic hydroxyl groups excluding tert-OH is 1. The Labute approximate surface area is 97.3 Å². The van der Waals surface area contributed by atoms with Crippen LogP contribution in [0.3, 0.4) is 0 Å². The van der Waals surface area contributed by atoms with Gasteiger partial charge in [-0.2, -0.15) is 0 Å². The molecular formula is C12H12N2O3. The zero-order chi connectivity index (χ0) is 12.0. The third kappa shape index (κ3) is 1.43. The summed E-state index contributed by atoms with van der Waals surface area (Å²) in [6, 6.07) is 5.18. The Morgan fingerprint density at radius 2 is 2.35 bits per heavy atom. The molecule has 0 radical (unpaired) electrons. The van der Waals surface area contributed by atoms with Crippen LogP contribution in [0.2, 0.25) is 0 Å². The molecular weight excluding hydrogens is 220 g/mol. The lowest BCUT2D eigenvalue weighted by Crippen LogP contribution is -2.21. The molecule has 2 heterocycles. The number of hydrogen-bond donors (Lipinski definition) is 1. The minimum absolute atomic E-state index is 0.111. The molecule has 1 unspecified atom stereocenters. The standard InChI is InChI=1S/C12H12N2O3/c1-17-7-2-3-9-8(6-7)12(16)14-5-4-10(15)11(14)13-9/h2-3,6,10,15H,4-5H2,1H3. The monoisotopic (exact) mass is 232 g/mol. The molecule has 2 aromatic rings. The maximum Gasteiger partial charge on any atom is 0.261 e. The van der Waals surface area contributed by atoms with Gasteiger partial charge in [-0.15, -0.1) is 0 Å². The molecule has 0 spiro atoms. The Hall–Kier alpha value is -1.88. The van der Waals surface area contributed by atoms with Crippen LogP contribution < -0.4 is 10.3 Å². The fourth-order valence-electron chi connectivity index (χ4n) is 2.20. The van der Waals surface area contributed by atoms with Crippen LogP contribution in [0.5, 0.6) is 5.75 Å². The fraction of sp³-hybridized carbons (Fsp3) is 0.333. The van der Waals surface area contributed by atoms with Gasteiger partial charge in [0, 0.05) is 6.54 Å². The van der Waals surface area contributed by atoms with Gasteiger partial charge in [-0.3, -0.25) is 9.36 Å². The largest absolute Gasteiger partial charge is 0.497 e. The van der Waals surface area contributed by atoms with Gasteiger partial charge < -0.3 is 9.84 Å². The highest BCUT2D eigenvalue weighted by molar-refractivity contribution is 5.79. The van der Waals surface area contributed by atoms with Crippen LogP contribution in [0.25, 0.3) is 10.9 Å². The Morgan fingerprint density at radius 3 is 3.12 bits per heavy atom. The molecule has 5 nitrogen and oxygen atoms in total. The first-order valence-corrected chi connectivity index (χ1v) is 5.47. The van der Waals surface area contributed by atoms with Crippen LogP contribution in [0.1, 0.15) is 18.3 Å². The van der Waals surface area contributed by atoms with Gasteiger partial charge in [-0.1, -0.05) is 0 Å². The second-order valence-electron chi connectivity index (χ2n) is 4.11. The molecule has 17 heavy (non-hydrogen) atoms. The highest BCUT2D eigenvalue weighted by atomic mass is 16.5. The van der Waals surface area contributed by atoms with Crippen LogP contribution in [-0.4, -0.2) is 21.8 Å². The molecule has 1 aromatic heterocycles. The summed E-state index contributed by atoms with van der Waals surface area (Å²) in [5.41, 5.74) is 0.489. The predicted molar refractivity (Wildman–Crippen MR) is 62.1 cm³/mol. The van der Waals surface area contributed by atoms with E-state index in [2.05, 4.69) is 4.98 Å². The van der Waals surface area contributed by atoms with Crippen molar-refractivity contribution in [2.45, 2.75) is 19.1 Å². The van der Waals surface area contributed by atoms with E-state index in [1.807, 2.05) is 0 Å². The van der Waals surface area contributed by atoms with Crippen molar-refractivity contribution in [3.8, 4) is 5.75 Å². The number of ether oxygens (including phenoxy) is 1. The zero-order valence-corrected chi connectivity index (χ0v) is 9.38. The van der Waals surface area contributed by atoms with E-state index in [0.717, 1.165) is 0 Å². The first kappa shape index (κ1) is 10.3. The third-order valence-electron chi connectivity index (χ3n) is 3.12. The number of hydrogen-bond acceptors (Lipinski definition) is 4. The van der Waals surface area contributed by atoms with Crippen LogP contribution >= 0.6 is 0 Å². The van der Waals surface area contributed by atoms with Crippen molar-refractivity contribution in [3.63, 3.8) is 0 Å². The first-order chi connectivity index (χ1) is 8.20. The summed E-state index contributed by atoms with van der Waals surface area (Å²) in [6.45, 7) is 0.523. The normalized spacial score (nSPS) is 18.4. The summed E-state index contributed by atoms with van der Waals surface area (Å²) in [4.78, 5) is 16.5. The molecule has 0 aliphatic carbocycles. The summed E-state index contributed by atoms with van der Waals surface area (Å²) in [5, 5.41) is 10.2. The van der Waals surface area contributed by atoms with E-state index < -0.39 is 6.10 Å². The molecule has 0 saturated carbocycles. The SMILES string of the molecule is COc1ccc2nc3n(c(=O)c2c1)CCC3O. The summed E-state index contributed by atoms with van der Waals surface area (Å²) in [7, 11) is 1.56. The van der Waals surface area contributed by atoms with Crippen molar-refractivity contribution < 1.29 is 9.84 Å². The Morgan fingerprint density at radius 1 is 1.53 bits per heavy atom. The van der Waals surface area contributed by atoms with Gasteiger partial charge in [-0.05, 0) is 24.6 Å². The molecule has 1 aliphatic rings. The Bertz CT molecular complexity index is 648. The molecule has 1 N–H and O–H groups in total. The lowest BCUT2D eigenvalue weighted by molar-refractivity contribution is 0.176. The van der Waals surface area contributed by atoms with Gasteiger partial charge in [0.15, 0.2) is 0 Å². The number of nitrogens with zero attached hydrogens (tertiary/aromatic N) is 2. The minimum atomic E-state index is -0.630. The van der Waals surface area contributed by atoms with Gasteiger partial charge in [0.2, 0.25) is 0 Å². The van der Waals surface area contributed by atoms with Crippen molar-refractivity contribution in [2.75, 3.05) is 7.11 Å². The van der Waals surface area contributed by atoms with Crippen molar-refractivity contribution in [3.05, 3.63) is 34.4 Å². The zero-order valence-electron chi connectivity index (χ0n) is 9.38. The van der Waals surface area contributed by atoms with E-state index in [-0.39, 0.29) is 5.56 Å². The number of fused-ring (bicyclic) bond motifs is 2. The predicted octanol–water partition coefficient (Wildman–Crippen LogP) is 0.842. The number of rotatable bonds is 1. The number of aromatic nitrogens is 2. The molecule has 1 aromatic carbocycles. The van der Waals surface area contributed by atoms with Crippen molar-refractivity contribution in [1.82, 2.24) is 9.55 Å². The van der Waals surface area contributed by atoms with Gasteiger partial charge >= 0.3 is 0 Å². The molecule has 88 valence electrons. The van der Waals surface area contributed by atoms with Crippen LogP contribution in [0, 0.1) is 0 Å². The average Bonchev–Trinajstić information content (AvgIpc) is 2.72. The first-order valence-electron chi connectivity index (χ1n) is 5.47. The summed E-state index contributed by atoms with van der Waals surface area (Å²) in [6.07, 6.45) is -0.0791. The van der Waals surface area contributed by atoms with Crippen LogP contribution in [0.15, 0.2) is 23.0 Å². The van der Waals surface area contributed by atoms with Crippen LogP contribution in [0.4, 0.5) is 0 Å². The van der Waals surface area contributed by atoms with E-state index in [1.165, 1.54) is 4.57 Å². The number of aliphatic hydroxyl groups is 1. The molecule has 0 amide bonds. The number of methoxy groups -OCH3 is 1. The summed E-state index contributed by atoms with van der Waals surface area (Å²) >= 11 is 0. The lowest BCUT2D eigenvalue weighted by Gasteiger charge is -2.07. The maximum atomic E-state index is 12.2. The molecule has 5 heteroatoms. The summed E-state index contributed by atoms with van der Waals surface area (Å²) in [5.74, 6) is 1.10. The minimum Gasteiger partial charge on any atom is -0.497 e. The highest BCUT2D eigenvalue weighted by Gasteiger charge is 2.24. The van der Waals surface area contributed by atoms with E-state index in [0.29, 0.717) is 35.4 Å². The quantitative estimate of drug-likeness (QED) is 0.791. The van der Waals surface area contributed by atoms with Crippen molar-refractivity contribution >= 4 is 10.9 Å². The van der Waals surface area contributed by atoms with Gasteiger partial charge in [0.05, 0.1) is 18.0 Å². The molecule has 0 fully saturated rings. The second kappa shape index (κ2) is 3.56. The Balaban J connectivity index is 2.36. The summed E-state index contributed by atoms with van der Waals surface area (Å²) < 4.78 is 6.63. The van der Waals surface area contributed by atoms with Crippen molar-refractivity contribution in [2.24, 2.45) is 0 Å². The van der Waals surface area contributed by atoms with Crippen LogP contribution in [-0.2, 0) is 6.54 Å². The second-order valence-corrected chi connectivity index (χ2v) is 4.11. The van der Waals surface area contributed by atoms with Gasteiger partial charge in [0.25, 0.3) is 5.56 Å². The van der Waals surface area contributed by atoms with E-state index in [1.54, 1.807) is 25.3 Å². The molecule has 3 rings (SSSR count).